The Hall–Kier alpha value is -0.890. The highest BCUT2D eigenvalue weighted by atomic mass is 127. The van der Waals surface area contributed by atoms with E-state index >= 15 is 0 Å². The number of likely N-dealkylation sites (N-methyl/N-ethyl adjacent to an activating group) is 1. The van der Waals surface area contributed by atoms with Crippen molar-refractivity contribution in [3.63, 3.8) is 0 Å². The Morgan fingerprint density at radius 2 is 1.95 bits per heavy atom. The molecule has 0 amide bonds. The van der Waals surface area contributed by atoms with E-state index in [1.807, 2.05) is 0 Å². The SMILES string of the molecule is CN(C)C1(CN=C(N)Nc2ccccc2F)CCCC1.I. The fourth-order valence-electron chi connectivity index (χ4n) is 2.75. The highest BCUT2D eigenvalue weighted by molar-refractivity contribution is 14.0. The second-order valence-corrected chi connectivity index (χ2v) is 5.63. The van der Waals surface area contributed by atoms with E-state index in [1.165, 1.54) is 18.9 Å². The van der Waals surface area contributed by atoms with Crippen LogP contribution >= 0.6 is 24.0 Å². The topological polar surface area (TPSA) is 53.6 Å². The molecule has 1 saturated carbocycles. The summed E-state index contributed by atoms with van der Waals surface area (Å²) in [6, 6.07) is 6.45. The van der Waals surface area contributed by atoms with Crippen LogP contribution in [-0.4, -0.2) is 37.0 Å². The second-order valence-electron chi connectivity index (χ2n) is 5.63. The molecule has 0 radical (unpaired) electrons. The minimum Gasteiger partial charge on any atom is -0.370 e. The highest BCUT2D eigenvalue weighted by Crippen LogP contribution is 2.33. The number of hydrogen-bond acceptors (Lipinski definition) is 2. The van der Waals surface area contributed by atoms with Gasteiger partial charge in [0, 0.05) is 5.54 Å². The number of benzene rings is 1. The van der Waals surface area contributed by atoms with Gasteiger partial charge < -0.3 is 16.0 Å². The predicted octanol–water partition coefficient (Wildman–Crippen LogP) is 3.04. The number of aliphatic imine (C=N–C) groups is 1. The smallest absolute Gasteiger partial charge is 0.193 e. The van der Waals surface area contributed by atoms with Crippen LogP contribution in [0.4, 0.5) is 10.1 Å². The average molecular weight is 406 g/mol. The van der Waals surface area contributed by atoms with Crippen molar-refractivity contribution >= 4 is 35.6 Å². The van der Waals surface area contributed by atoms with Gasteiger partial charge in [-0.15, -0.1) is 24.0 Å². The van der Waals surface area contributed by atoms with E-state index in [0.29, 0.717) is 12.2 Å². The molecular formula is C15H24FIN4. The zero-order chi connectivity index (χ0) is 14.6. The van der Waals surface area contributed by atoms with Crippen molar-refractivity contribution in [1.82, 2.24) is 4.90 Å². The molecule has 0 atom stereocenters. The number of halogens is 2. The molecule has 0 heterocycles. The van der Waals surface area contributed by atoms with Crippen molar-refractivity contribution in [1.29, 1.82) is 0 Å². The molecule has 118 valence electrons. The zero-order valence-electron chi connectivity index (χ0n) is 12.6. The maximum absolute atomic E-state index is 13.5. The van der Waals surface area contributed by atoms with E-state index in [0.717, 1.165) is 12.8 Å². The van der Waals surface area contributed by atoms with Gasteiger partial charge in [-0.3, -0.25) is 4.99 Å². The summed E-state index contributed by atoms with van der Waals surface area (Å²) >= 11 is 0. The molecule has 1 aromatic carbocycles. The number of anilines is 1. The predicted molar refractivity (Wildman–Crippen MR) is 96.8 cm³/mol. The van der Waals surface area contributed by atoms with Gasteiger partial charge in [0.25, 0.3) is 0 Å². The Labute approximate surface area is 143 Å². The van der Waals surface area contributed by atoms with E-state index in [2.05, 4.69) is 29.3 Å². The molecule has 1 aliphatic rings. The van der Waals surface area contributed by atoms with Crippen LogP contribution in [-0.2, 0) is 0 Å². The van der Waals surface area contributed by atoms with Crippen LogP contribution in [0.25, 0.3) is 0 Å². The van der Waals surface area contributed by atoms with Gasteiger partial charge >= 0.3 is 0 Å². The van der Waals surface area contributed by atoms with E-state index in [9.17, 15) is 4.39 Å². The number of nitrogens with zero attached hydrogens (tertiary/aromatic N) is 2. The molecule has 0 bridgehead atoms. The molecule has 21 heavy (non-hydrogen) atoms. The maximum atomic E-state index is 13.5. The van der Waals surface area contributed by atoms with Crippen molar-refractivity contribution in [3.05, 3.63) is 30.1 Å². The molecule has 1 aliphatic carbocycles. The molecule has 0 unspecified atom stereocenters. The number of hydrogen-bond donors (Lipinski definition) is 2. The highest BCUT2D eigenvalue weighted by Gasteiger charge is 2.35. The average Bonchev–Trinajstić information content (AvgIpc) is 2.89. The number of para-hydroxylation sites is 1. The molecule has 1 aromatic rings. The Balaban J connectivity index is 0.00000220. The van der Waals surface area contributed by atoms with Crippen molar-refractivity contribution in [3.8, 4) is 0 Å². The minimum absolute atomic E-state index is 0. The first-order valence-electron chi connectivity index (χ1n) is 7.02. The number of nitrogens with one attached hydrogen (secondary N) is 1. The third-order valence-electron chi connectivity index (χ3n) is 4.16. The third-order valence-corrected chi connectivity index (χ3v) is 4.16. The van der Waals surface area contributed by atoms with Crippen LogP contribution in [0.5, 0.6) is 0 Å². The molecule has 6 heteroatoms. The Morgan fingerprint density at radius 1 is 1.33 bits per heavy atom. The van der Waals surface area contributed by atoms with Crippen LogP contribution in [0.2, 0.25) is 0 Å². The Bertz CT molecular complexity index is 484. The molecule has 2 rings (SSSR count). The lowest BCUT2D eigenvalue weighted by Crippen LogP contribution is -2.45. The lowest BCUT2D eigenvalue weighted by atomic mass is 9.96. The monoisotopic (exact) mass is 406 g/mol. The first-order chi connectivity index (χ1) is 9.53. The summed E-state index contributed by atoms with van der Waals surface area (Å²) in [5.41, 5.74) is 6.32. The second kappa shape index (κ2) is 7.93. The Kier molecular flexibility index (Phi) is 6.86. The van der Waals surface area contributed by atoms with E-state index in [1.54, 1.807) is 18.2 Å². The van der Waals surface area contributed by atoms with Crippen LogP contribution in [0, 0.1) is 5.82 Å². The van der Waals surface area contributed by atoms with Crippen LogP contribution in [0.15, 0.2) is 29.3 Å². The summed E-state index contributed by atoms with van der Waals surface area (Å²) < 4.78 is 13.5. The zero-order valence-corrected chi connectivity index (χ0v) is 14.9. The molecule has 1 fully saturated rings. The molecule has 0 spiro atoms. The molecular weight excluding hydrogens is 382 g/mol. The lowest BCUT2D eigenvalue weighted by molar-refractivity contribution is 0.167. The van der Waals surface area contributed by atoms with Crippen molar-refractivity contribution in [2.45, 2.75) is 31.2 Å². The van der Waals surface area contributed by atoms with Crippen molar-refractivity contribution in [2.24, 2.45) is 10.7 Å². The molecule has 4 nitrogen and oxygen atoms in total. The van der Waals surface area contributed by atoms with Gasteiger partial charge in [0.15, 0.2) is 5.96 Å². The van der Waals surface area contributed by atoms with Gasteiger partial charge in [-0.2, -0.15) is 0 Å². The van der Waals surface area contributed by atoms with E-state index in [-0.39, 0.29) is 41.3 Å². The number of rotatable bonds is 4. The molecule has 0 aliphatic heterocycles. The van der Waals surface area contributed by atoms with Crippen molar-refractivity contribution < 1.29 is 4.39 Å². The van der Waals surface area contributed by atoms with Crippen LogP contribution in [0.3, 0.4) is 0 Å². The standard InChI is InChI=1S/C15H23FN4.HI/c1-20(2)15(9-5-6-10-15)11-18-14(17)19-13-8-4-3-7-12(13)16;/h3-4,7-8H,5-6,9-11H2,1-2H3,(H3,17,18,19);1H. The summed E-state index contributed by atoms with van der Waals surface area (Å²) in [7, 11) is 4.17. The largest absolute Gasteiger partial charge is 0.370 e. The van der Waals surface area contributed by atoms with E-state index in [4.69, 9.17) is 5.73 Å². The summed E-state index contributed by atoms with van der Waals surface area (Å²) in [6.07, 6.45) is 4.73. The maximum Gasteiger partial charge on any atom is 0.193 e. The van der Waals surface area contributed by atoms with Gasteiger partial charge in [0.2, 0.25) is 0 Å². The van der Waals surface area contributed by atoms with Gasteiger partial charge in [0.1, 0.15) is 5.82 Å². The lowest BCUT2D eigenvalue weighted by Gasteiger charge is -2.34. The van der Waals surface area contributed by atoms with Gasteiger partial charge in [-0.05, 0) is 39.1 Å². The van der Waals surface area contributed by atoms with Gasteiger partial charge in [0.05, 0.1) is 12.2 Å². The normalized spacial score (nSPS) is 17.6. The quantitative estimate of drug-likeness (QED) is 0.459. The summed E-state index contributed by atoms with van der Waals surface area (Å²) in [5.74, 6) is -0.0583. The number of guanidine groups is 1. The van der Waals surface area contributed by atoms with Crippen LogP contribution < -0.4 is 11.1 Å². The summed E-state index contributed by atoms with van der Waals surface area (Å²) in [5, 5.41) is 2.82. The first-order valence-corrected chi connectivity index (χ1v) is 7.02. The summed E-state index contributed by atoms with van der Waals surface area (Å²) in [6.45, 7) is 0.646. The fourth-order valence-corrected chi connectivity index (χ4v) is 2.75. The third kappa shape index (κ3) is 4.54. The van der Waals surface area contributed by atoms with Crippen LogP contribution in [0.1, 0.15) is 25.7 Å². The molecule has 0 aromatic heterocycles. The first kappa shape index (κ1) is 18.2. The number of nitrogens with two attached hydrogens (primary N) is 1. The molecule has 3 N–H and O–H groups in total. The van der Waals surface area contributed by atoms with E-state index < -0.39 is 0 Å². The van der Waals surface area contributed by atoms with Gasteiger partial charge in [-0.25, -0.2) is 4.39 Å². The minimum atomic E-state index is -0.325. The molecule has 0 saturated heterocycles. The fraction of sp³-hybridized carbons (Fsp3) is 0.533. The van der Waals surface area contributed by atoms with Crippen molar-refractivity contribution in [2.75, 3.05) is 26.0 Å². The summed E-state index contributed by atoms with van der Waals surface area (Å²) in [4.78, 5) is 6.65. The Morgan fingerprint density at radius 3 is 2.52 bits per heavy atom. The van der Waals surface area contributed by atoms with Gasteiger partial charge in [-0.1, -0.05) is 25.0 Å².